The van der Waals surface area contributed by atoms with Gasteiger partial charge in [0.25, 0.3) is 5.91 Å². The second-order valence-electron chi connectivity index (χ2n) is 6.88. The van der Waals surface area contributed by atoms with Crippen LogP contribution >= 0.6 is 11.3 Å². The van der Waals surface area contributed by atoms with Gasteiger partial charge in [-0.1, -0.05) is 30.7 Å². The molecule has 0 spiro atoms. The molecule has 2 aliphatic heterocycles. The molecular weight excluding hydrogens is 346 g/mol. The molecule has 1 atom stereocenters. The van der Waals surface area contributed by atoms with Crippen molar-refractivity contribution in [3.05, 3.63) is 52.2 Å². The zero-order valence-corrected chi connectivity index (χ0v) is 15.5. The highest BCUT2D eigenvalue weighted by atomic mass is 32.1. The van der Waals surface area contributed by atoms with Crippen molar-refractivity contribution < 1.29 is 9.90 Å². The molecule has 0 unspecified atom stereocenters. The van der Waals surface area contributed by atoms with E-state index in [0.717, 1.165) is 42.1 Å². The summed E-state index contributed by atoms with van der Waals surface area (Å²) >= 11 is 1.63. The van der Waals surface area contributed by atoms with E-state index in [0.29, 0.717) is 13.0 Å². The van der Waals surface area contributed by atoms with Gasteiger partial charge in [0.1, 0.15) is 5.75 Å². The molecule has 2 aromatic rings. The number of thiophene rings is 1. The lowest BCUT2D eigenvalue weighted by molar-refractivity contribution is -0.134. The predicted octanol–water partition coefficient (Wildman–Crippen LogP) is 3.62. The third kappa shape index (κ3) is 3.52. The minimum Gasteiger partial charge on any atom is -0.508 e. The zero-order valence-electron chi connectivity index (χ0n) is 14.7. The van der Waals surface area contributed by atoms with Gasteiger partial charge in [0.05, 0.1) is 23.2 Å². The topological polar surface area (TPSA) is 56.1 Å². The van der Waals surface area contributed by atoms with E-state index in [9.17, 15) is 9.90 Å². The number of nitrogens with zero attached hydrogens (tertiary/aromatic N) is 3. The third-order valence-corrected chi connectivity index (χ3v) is 5.99. The Labute approximate surface area is 157 Å². The van der Waals surface area contributed by atoms with Crippen molar-refractivity contribution in [2.75, 3.05) is 19.6 Å². The summed E-state index contributed by atoms with van der Waals surface area (Å²) in [5.74, 6) is 0.225. The van der Waals surface area contributed by atoms with E-state index in [1.54, 1.807) is 28.5 Å². The summed E-state index contributed by atoms with van der Waals surface area (Å²) in [6, 6.07) is 11.0. The van der Waals surface area contributed by atoms with E-state index >= 15 is 0 Å². The number of carbonyl (C=O) groups excluding carboxylic acids is 1. The van der Waals surface area contributed by atoms with Gasteiger partial charge in [-0.25, -0.2) is 5.01 Å². The fourth-order valence-corrected chi connectivity index (χ4v) is 4.45. The van der Waals surface area contributed by atoms with E-state index in [4.69, 9.17) is 0 Å². The molecule has 4 rings (SSSR count). The second kappa shape index (κ2) is 7.60. The number of phenols is 1. The summed E-state index contributed by atoms with van der Waals surface area (Å²) in [4.78, 5) is 16.3. The number of rotatable bonds is 4. The lowest BCUT2D eigenvalue weighted by atomic mass is 10.00. The first-order valence-electron chi connectivity index (χ1n) is 9.16. The zero-order chi connectivity index (χ0) is 17.9. The summed E-state index contributed by atoms with van der Waals surface area (Å²) in [5.41, 5.74) is 1.68. The Morgan fingerprint density at radius 1 is 1.15 bits per heavy atom. The Bertz CT molecular complexity index is 797. The lowest BCUT2D eigenvalue weighted by Gasteiger charge is -2.29. The molecule has 0 aliphatic carbocycles. The molecule has 1 N–H and O–H groups in total. The van der Waals surface area contributed by atoms with E-state index in [2.05, 4.69) is 10.0 Å². The number of likely N-dealkylation sites (tertiary alicyclic amines) is 1. The summed E-state index contributed by atoms with van der Waals surface area (Å²) in [7, 11) is 0. The number of benzene rings is 1. The van der Waals surface area contributed by atoms with Gasteiger partial charge >= 0.3 is 0 Å². The van der Waals surface area contributed by atoms with Gasteiger partial charge in [0.15, 0.2) is 0 Å². The van der Waals surface area contributed by atoms with Crippen LogP contribution in [-0.4, -0.2) is 46.3 Å². The van der Waals surface area contributed by atoms with Crippen LogP contribution in [0, 0.1) is 0 Å². The molecule has 1 aromatic carbocycles. The maximum atomic E-state index is 13.0. The summed E-state index contributed by atoms with van der Waals surface area (Å²) in [6.07, 6.45) is 4.18. The number of amides is 1. The van der Waals surface area contributed by atoms with Gasteiger partial charge in [0.2, 0.25) is 0 Å². The van der Waals surface area contributed by atoms with Gasteiger partial charge in [-0.2, -0.15) is 5.10 Å². The second-order valence-corrected chi connectivity index (χ2v) is 7.83. The first-order chi connectivity index (χ1) is 12.7. The van der Waals surface area contributed by atoms with Gasteiger partial charge in [-0.05, 0) is 43.4 Å². The normalized spacial score (nSPS) is 21.0. The molecular formula is C20H23N3O2S. The van der Waals surface area contributed by atoms with Crippen molar-refractivity contribution >= 4 is 23.0 Å². The lowest BCUT2D eigenvalue weighted by Crippen LogP contribution is -2.40. The quantitative estimate of drug-likeness (QED) is 0.896. The Hall–Kier alpha value is -2.18. The average Bonchev–Trinajstić information content (AvgIpc) is 3.33. The van der Waals surface area contributed by atoms with Crippen LogP contribution in [-0.2, 0) is 4.79 Å². The molecule has 5 nitrogen and oxygen atoms in total. The van der Waals surface area contributed by atoms with Gasteiger partial charge in [-0.3, -0.25) is 9.69 Å². The molecule has 0 bridgehead atoms. The Kier molecular flexibility index (Phi) is 5.04. The third-order valence-electron chi connectivity index (χ3n) is 5.07. The van der Waals surface area contributed by atoms with Crippen LogP contribution in [0.4, 0.5) is 0 Å². The van der Waals surface area contributed by atoms with Gasteiger partial charge in [0, 0.05) is 12.0 Å². The SMILES string of the molecule is O=C(CN1CCCCC1)N1N=C(c2cccs2)C[C@H]1c1ccccc1O. The highest BCUT2D eigenvalue weighted by Crippen LogP contribution is 2.37. The number of hydrogen-bond donors (Lipinski definition) is 1. The van der Waals surface area contributed by atoms with Crippen LogP contribution in [0.3, 0.4) is 0 Å². The number of carbonyl (C=O) groups is 1. The smallest absolute Gasteiger partial charge is 0.257 e. The van der Waals surface area contributed by atoms with E-state index < -0.39 is 0 Å². The first kappa shape index (κ1) is 17.2. The number of hydrogen-bond acceptors (Lipinski definition) is 5. The average molecular weight is 369 g/mol. The molecule has 136 valence electrons. The summed E-state index contributed by atoms with van der Waals surface area (Å²) in [5, 5.41) is 18.6. The Morgan fingerprint density at radius 3 is 2.69 bits per heavy atom. The molecule has 3 heterocycles. The molecule has 26 heavy (non-hydrogen) atoms. The van der Waals surface area contributed by atoms with Crippen LogP contribution < -0.4 is 0 Å². The van der Waals surface area contributed by atoms with Crippen LogP contribution in [0.1, 0.15) is 42.2 Å². The molecule has 0 saturated carbocycles. The van der Waals surface area contributed by atoms with E-state index in [1.807, 2.05) is 29.6 Å². The van der Waals surface area contributed by atoms with Crippen molar-refractivity contribution in [3.8, 4) is 5.75 Å². The maximum Gasteiger partial charge on any atom is 0.257 e. The van der Waals surface area contributed by atoms with Crippen molar-refractivity contribution in [2.45, 2.75) is 31.7 Å². The number of piperidine rings is 1. The van der Waals surface area contributed by atoms with Gasteiger partial charge < -0.3 is 5.11 Å². The molecule has 1 aromatic heterocycles. The van der Waals surface area contributed by atoms with Crippen LogP contribution in [0.5, 0.6) is 5.75 Å². The number of aromatic hydroxyl groups is 1. The molecule has 6 heteroatoms. The van der Waals surface area contributed by atoms with Crippen LogP contribution in [0.25, 0.3) is 0 Å². The summed E-state index contributed by atoms with van der Waals surface area (Å²) in [6.45, 7) is 2.34. The van der Waals surface area contributed by atoms with Crippen molar-refractivity contribution in [1.29, 1.82) is 0 Å². The fourth-order valence-electron chi connectivity index (χ4n) is 3.72. The number of hydrazone groups is 1. The number of para-hydroxylation sites is 1. The van der Waals surface area contributed by atoms with Crippen molar-refractivity contribution in [3.63, 3.8) is 0 Å². The molecule has 0 radical (unpaired) electrons. The van der Waals surface area contributed by atoms with Crippen LogP contribution in [0.15, 0.2) is 46.9 Å². The Balaban J connectivity index is 1.60. The van der Waals surface area contributed by atoms with Crippen molar-refractivity contribution in [1.82, 2.24) is 9.91 Å². The first-order valence-corrected chi connectivity index (χ1v) is 10.0. The minimum absolute atomic E-state index is 0.00621. The maximum absolute atomic E-state index is 13.0. The van der Waals surface area contributed by atoms with E-state index in [1.165, 1.54) is 6.42 Å². The molecule has 2 aliphatic rings. The fraction of sp³-hybridized carbons (Fsp3) is 0.400. The highest BCUT2D eigenvalue weighted by Gasteiger charge is 2.35. The largest absolute Gasteiger partial charge is 0.508 e. The number of phenolic OH excluding ortho intramolecular Hbond substituents is 1. The molecule has 1 fully saturated rings. The van der Waals surface area contributed by atoms with Crippen LogP contribution in [0.2, 0.25) is 0 Å². The Morgan fingerprint density at radius 2 is 1.96 bits per heavy atom. The van der Waals surface area contributed by atoms with Gasteiger partial charge in [-0.15, -0.1) is 11.3 Å². The molecule has 1 amide bonds. The minimum atomic E-state index is -0.245. The van der Waals surface area contributed by atoms with Crippen molar-refractivity contribution in [2.24, 2.45) is 5.10 Å². The standard InChI is InChI=1S/C20H23N3O2S/c24-18-8-3-2-7-15(18)17-13-16(19-9-6-12-26-19)21-23(17)20(25)14-22-10-4-1-5-11-22/h2-3,6-9,12,17,24H,1,4-5,10-11,13-14H2/t17-/m0/s1. The highest BCUT2D eigenvalue weighted by molar-refractivity contribution is 7.12. The molecule has 1 saturated heterocycles. The van der Waals surface area contributed by atoms with E-state index in [-0.39, 0.29) is 17.7 Å². The monoisotopic (exact) mass is 369 g/mol. The predicted molar refractivity (Wildman–Crippen MR) is 103 cm³/mol. The summed E-state index contributed by atoms with van der Waals surface area (Å²) < 4.78 is 0.